The molecule has 0 spiro atoms. The number of hydrogen-bond donors (Lipinski definition) is 3. The number of fused-ring (bicyclic) bond motifs is 1. The number of halogens is 3. The van der Waals surface area contributed by atoms with Gasteiger partial charge in [-0.25, -0.2) is 14.8 Å². The van der Waals surface area contributed by atoms with E-state index in [1.54, 1.807) is 17.6 Å². The summed E-state index contributed by atoms with van der Waals surface area (Å²) in [5.74, 6) is -0.827. The Balaban J connectivity index is 1.66. The van der Waals surface area contributed by atoms with Crippen LogP contribution in [-0.2, 0) is 5.54 Å². The van der Waals surface area contributed by atoms with E-state index < -0.39 is 30.2 Å². The lowest BCUT2D eigenvalue weighted by Gasteiger charge is -2.48. The minimum atomic E-state index is -4.54. The van der Waals surface area contributed by atoms with E-state index in [0.29, 0.717) is 22.3 Å². The Labute approximate surface area is 178 Å². The van der Waals surface area contributed by atoms with E-state index in [-0.39, 0.29) is 25.2 Å². The largest absolute Gasteiger partial charge is 0.405 e. The average Bonchev–Trinajstić information content (AvgIpc) is 3.35. The Hall–Kier alpha value is -4.15. The standard InChI is InChI=1S/C18H16F3N9O2/c19-18(20,21)6-25-16(32)29-7-17(8-29,2-3-22)30-5-11(13(28-30)14(23)31)12-10-1-4-24-15(10)27-9-26-12/h1,4-5,9H,2,6-8H2,(H2,23,31)(H,25,32)(H,24,26,27). The highest BCUT2D eigenvalue weighted by atomic mass is 19.4. The van der Waals surface area contributed by atoms with Crippen LogP contribution in [0.1, 0.15) is 16.9 Å². The number of amides is 3. The molecule has 0 saturated carbocycles. The third kappa shape index (κ3) is 3.68. The Morgan fingerprint density at radius 1 is 1.34 bits per heavy atom. The topological polar surface area (TPSA) is 159 Å². The fourth-order valence-corrected chi connectivity index (χ4v) is 3.64. The van der Waals surface area contributed by atoms with Gasteiger partial charge in [0.05, 0.1) is 36.8 Å². The molecule has 0 atom stereocenters. The summed E-state index contributed by atoms with van der Waals surface area (Å²) in [5.41, 5.74) is 5.61. The zero-order valence-corrected chi connectivity index (χ0v) is 16.3. The molecule has 1 aliphatic heterocycles. The number of nitrogens with two attached hydrogens (primary N) is 1. The number of nitriles is 1. The lowest BCUT2D eigenvalue weighted by atomic mass is 9.87. The summed E-state index contributed by atoms with van der Waals surface area (Å²) in [6.45, 7) is -1.62. The number of nitrogens with one attached hydrogen (secondary N) is 2. The zero-order valence-electron chi connectivity index (χ0n) is 16.3. The highest BCUT2D eigenvalue weighted by Crippen LogP contribution is 2.35. The van der Waals surface area contributed by atoms with Crippen LogP contribution in [0.15, 0.2) is 24.8 Å². The number of aromatic amines is 1. The number of likely N-dealkylation sites (tertiary alicyclic amines) is 1. The van der Waals surface area contributed by atoms with E-state index in [9.17, 15) is 28.0 Å². The van der Waals surface area contributed by atoms with E-state index in [2.05, 4.69) is 20.1 Å². The number of rotatable bonds is 5. The SMILES string of the molecule is N#CCC1(n2cc(-c3ncnc4[nH]ccc34)c(C(N)=O)n2)CN(C(=O)NCC(F)(F)F)C1. The van der Waals surface area contributed by atoms with Gasteiger partial charge in [0.2, 0.25) is 0 Å². The maximum Gasteiger partial charge on any atom is 0.405 e. The first kappa shape index (κ1) is 21.1. The van der Waals surface area contributed by atoms with Crippen LogP contribution in [0.2, 0.25) is 0 Å². The van der Waals surface area contributed by atoms with Crippen molar-refractivity contribution in [2.75, 3.05) is 19.6 Å². The van der Waals surface area contributed by atoms with Gasteiger partial charge in [-0.3, -0.25) is 9.48 Å². The van der Waals surface area contributed by atoms with Crippen LogP contribution in [-0.4, -0.2) is 67.4 Å². The second-order valence-electron chi connectivity index (χ2n) is 7.35. The van der Waals surface area contributed by atoms with Crippen LogP contribution in [0, 0.1) is 11.3 Å². The third-order valence-corrected chi connectivity index (χ3v) is 5.15. The summed E-state index contributed by atoms with van der Waals surface area (Å²) in [6.07, 6.45) is -0.191. The van der Waals surface area contributed by atoms with Gasteiger partial charge in [0.25, 0.3) is 5.91 Å². The van der Waals surface area contributed by atoms with Gasteiger partial charge in [-0.15, -0.1) is 0 Å². The number of nitrogens with zero attached hydrogens (tertiary/aromatic N) is 6. The lowest BCUT2D eigenvalue weighted by molar-refractivity contribution is -0.123. The summed E-state index contributed by atoms with van der Waals surface area (Å²) in [6, 6.07) is 2.80. The van der Waals surface area contributed by atoms with Gasteiger partial charge < -0.3 is 20.9 Å². The highest BCUT2D eigenvalue weighted by molar-refractivity contribution is 6.01. The number of aromatic nitrogens is 5. The monoisotopic (exact) mass is 447 g/mol. The molecule has 1 aliphatic rings. The first-order valence-corrected chi connectivity index (χ1v) is 9.28. The molecule has 14 heteroatoms. The lowest BCUT2D eigenvalue weighted by Crippen LogP contribution is -2.66. The molecule has 1 saturated heterocycles. The van der Waals surface area contributed by atoms with E-state index in [1.807, 2.05) is 6.07 Å². The van der Waals surface area contributed by atoms with Crippen molar-refractivity contribution in [3.05, 3.63) is 30.5 Å². The van der Waals surface area contributed by atoms with E-state index in [0.717, 1.165) is 4.90 Å². The predicted octanol–water partition coefficient (Wildman–Crippen LogP) is 1.12. The van der Waals surface area contributed by atoms with E-state index >= 15 is 0 Å². The van der Waals surface area contributed by atoms with Gasteiger partial charge in [-0.2, -0.15) is 23.5 Å². The fourth-order valence-electron chi connectivity index (χ4n) is 3.64. The molecule has 4 heterocycles. The molecule has 32 heavy (non-hydrogen) atoms. The van der Waals surface area contributed by atoms with Crippen molar-refractivity contribution in [3.63, 3.8) is 0 Å². The molecule has 4 N–H and O–H groups in total. The zero-order chi connectivity index (χ0) is 23.1. The van der Waals surface area contributed by atoms with Crippen molar-refractivity contribution in [2.24, 2.45) is 5.73 Å². The molecule has 166 valence electrons. The summed E-state index contributed by atoms with van der Waals surface area (Å²) < 4.78 is 38.5. The summed E-state index contributed by atoms with van der Waals surface area (Å²) >= 11 is 0. The van der Waals surface area contributed by atoms with Gasteiger partial charge in [-0.1, -0.05) is 0 Å². The normalized spacial score (nSPS) is 15.2. The second-order valence-corrected chi connectivity index (χ2v) is 7.35. The maximum absolute atomic E-state index is 12.4. The Kier molecular flexibility index (Phi) is 4.96. The van der Waals surface area contributed by atoms with Crippen LogP contribution in [0.25, 0.3) is 22.3 Å². The first-order valence-electron chi connectivity index (χ1n) is 9.28. The number of H-pyrrole nitrogens is 1. The quantitative estimate of drug-likeness (QED) is 0.532. The summed E-state index contributed by atoms with van der Waals surface area (Å²) in [7, 11) is 0. The fraction of sp³-hybridized carbons (Fsp3) is 0.333. The first-order chi connectivity index (χ1) is 15.1. The third-order valence-electron chi connectivity index (χ3n) is 5.15. The number of carbonyl (C=O) groups is 2. The second kappa shape index (κ2) is 7.52. The number of alkyl halides is 3. The van der Waals surface area contributed by atoms with Crippen LogP contribution in [0.4, 0.5) is 18.0 Å². The molecule has 0 unspecified atom stereocenters. The van der Waals surface area contributed by atoms with Crippen molar-refractivity contribution >= 4 is 23.0 Å². The smallest absolute Gasteiger partial charge is 0.364 e. The van der Waals surface area contributed by atoms with E-state index in [1.165, 1.54) is 17.2 Å². The molecule has 3 amide bonds. The van der Waals surface area contributed by atoms with E-state index in [4.69, 9.17) is 5.73 Å². The molecule has 3 aromatic rings. The van der Waals surface area contributed by atoms with Crippen LogP contribution in [0.5, 0.6) is 0 Å². The predicted molar refractivity (Wildman–Crippen MR) is 103 cm³/mol. The molecular weight excluding hydrogens is 431 g/mol. The van der Waals surface area contributed by atoms with Crippen molar-refractivity contribution in [3.8, 4) is 17.3 Å². The van der Waals surface area contributed by atoms with Crippen molar-refractivity contribution in [1.82, 2.24) is 34.9 Å². The van der Waals surface area contributed by atoms with Gasteiger partial charge in [0.15, 0.2) is 5.69 Å². The van der Waals surface area contributed by atoms with Crippen LogP contribution < -0.4 is 11.1 Å². The highest BCUT2D eigenvalue weighted by Gasteiger charge is 2.48. The molecule has 11 nitrogen and oxygen atoms in total. The maximum atomic E-state index is 12.4. The molecule has 0 aliphatic carbocycles. The Morgan fingerprint density at radius 3 is 2.75 bits per heavy atom. The molecule has 0 aromatic carbocycles. The van der Waals surface area contributed by atoms with Gasteiger partial charge >= 0.3 is 12.2 Å². The molecular formula is C18H16F3N9O2. The number of hydrogen-bond acceptors (Lipinski definition) is 6. The molecule has 1 fully saturated rings. The van der Waals surface area contributed by atoms with Gasteiger partial charge in [0, 0.05) is 17.8 Å². The van der Waals surface area contributed by atoms with Crippen molar-refractivity contribution < 1.29 is 22.8 Å². The van der Waals surface area contributed by atoms with Crippen molar-refractivity contribution in [1.29, 1.82) is 5.26 Å². The number of urea groups is 1. The minimum Gasteiger partial charge on any atom is -0.364 e. The van der Waals surface area contributed by atoms with Crippen LogP contribution in [0.3, 0.4) is 0 Å². The number of carbonyl (C=O) groups excluding carboxylic acids is 2. The average molecular weight is 447 g/mol. The molecule has 3 aromatic heterocycles. The minimum absolute atomic E-state index is 0.0765. The molecule has 4 rings (SSSR count). The van der Waals surface area contributed by atoms with Gasteiger partial charge in [-0.05, 0) is 6.07 Å². The van der Waals surface area contributed by atoms with Crippen molar-refractivity contribution in [2.45, 2.75) is 18.1 Å². The molecule has 0 radical (unpaired) electrons. The number of primary amides is 1. The summed E-state index contributed by atoms with van der Waals surface area (Å²) in [5, 5.41) is 16.0. The van der Waals surface area contributed by atoms with Gasteiger partial charge in [0.1, 0.15) is 24.1 Å². The Morgan fingerprint density at radius 2 is 2.09 bits per heavy atom. The molecule has 0 bridgehead atoms. The Bertz CT molecular complexity index is 1230. The summed E-state index contributed by atoms with van der Waals surface area (Å²) in [4.78, 5) is 36.5. The van der Waals surface area contributed by atoms with Crippen LogP contribution >= 0.6 is 0 Å².